The van der Waals surface area contributed by atoms with Gasteiger partial charge in [-0.3, -0.25) is 0 Å². The molecule has 0 radical (unpaired) electrons. The standard InChI is InChI=1S/C19H36O8/c1-10(4-13-11(7-20)5-12(22)6-19(13,2)3)9-26-18-17(25)16(24)15(23)14(8-21)27-18/h10-18,20-25H,4-9H2,1-3H3. The molecule has 9 atom stereocenters. The van der Waals surface area contributed by atoms with Gasteiger partial charge >= 0.3 is 0 Å². The van der Waals surface area contributed by atoms with Crippen molar-refractivity contribution < 1.29 is 40.1 Å². The quantitative estimate of drug-likeness (QED) is 0.332. The van der Waals surface area contributed by atoms with Crippen molar-refractivity contribution in [2.75, 3.05) is 19.8 Å². The SMILES string of the molecule is CC(COC1OC(CO)C(O)C(O)C1O)CC1C(CO)CC(O)CC1(C)C. The summed E-state index contributed by atoms with van der Waals surface area (Å²) in [5.74, 6) is 0.337. The summed E-state index contributed by atoms with van der Waals surface area (Å²) in [7, 11) is 0. The molecule has 8 nitrogen and oxygen atoms in total. The molecule has 8 heteroatoms. The van der Waals surface area contributed by atoms with E-state index in [-0.39, 0.29) is 36.4 Å². The zero-order valence-corrected chi connectivity index (χ0v) is 16.4. The first-order chi connectivity index (χ1) is 12.6. The summed E-state index contributed by atoms with van der Waals surface area (Å²) in [5, 5.41) is 58.7. The van der Waals surface area contributed by atoms with Gasteiger partial charge in [0.2, 0.25) is 0 Å². The Morgan fingerprint density at radius 1 is 1.04 bits per heavy atom. The van der Waals surface area contributed by atoms with Crippen LogP contribution in [-0.2, 0) is 9.47 Å². The minimum Gasteiger partial charge on any atom is -0.396 e. The van der Waals surface area contributed by atoms with Crippen molar-refractivity contribution in [1.82, 2.24) is 0 Å². The molecule has 0 aromatic heterocycles. The van der Waals surface area contributed by atoms with E-state index in [1.165, 1.54) is 0 Å². The van der Waals surface area contributed by atoms with Gasteiger partial charge in [0.1, 0.15) is 24.4 Å². The first-order valence-corrected chi connectivity index (χ1v) is 9.81. The Labute approximate surface area is 160 Å². The van der Waals surface area contributed by atoms with Crippen LogP contribution in [0.3, 0.4) is 0 Å². The lowest BCUT2D eigenvalue weighted by Crippen LogP contribution is -2.59. The van der Waals surface area contributed by atoms with E-state index < -0.39 is 43.4 Å². The van der Waals surface area contributed by atoms with Gasteiger partial charge in [0.15, 0.2) is 6.29 Å². The number of aliphatic hydroxyl groups excluding tert-OH is 6. The molecule has 2 fully saturated rings. The average molecular weight is 392 g/mol. The van der Waals surface area contributed by atoms with Crippen molar-refractivity contribution in [2.24, 2.45) is 23.2 Å². The van der Waals surface area contributed by atoms with Crippen LogP contribution in [0.2, 0.25) is 0 Å². The van der Waals surface area contributed by atoms with Crippen molar-refractivity contribution in [3.63, 3.8) is 0 Å². The predicted molar refractivity (Wildman–Crippen MR) is 96.6 cm³/mol. The van der Waals surface area contributed by atoms with Crippen molar-refractivity contribution >= 4 is 0 Å². The normalized spacial score (nSPS) is 43.4. The van der Waals surface area contributed by atoms with Crippen LogP contribution in [0, 0.1) is 23.2 Å². The molecule has 1 aliphatic carbocycles. The largest absolute Gasteiger partial charge is 0.396 e. The van der Waals surface area contributed by atoms with Crippen LogP contribution < -0.4 is 0 Å². The van der Waals surface area contributed by atoms with Gasteiger partial charge in [-0.1, -0.05) is 20.8 Å². The van der Waals surface area contributed by atoms with Crippen LogP contribution >= 0.6 is 0 Å². The number of hydrogen-bond acceptors (Lipinski definition) is 8. The number of hydrogen-bond donors (Lipinski definition) is 6. The molecule has 0 spiro atoms. The summed E-state index contributed by atoms with van der Waals surface area (Å²) in [4.78, 5) is 0. The van der Waals surface area contributed by atoms with Gasteiger partial charge in [-0.2, -0.15) is 0 Å². The van der Waals surface area contributed by atoms with Gasteiger partial charge < -0.3 is 40.1 Å². The van der Waals surface area contributed by atoms with Gasteiger partial charge in [0.25, 0.3) is 0 Å². The Morgan fingerprint density at radius 3 is 2.30 bits per heavy atom. The fourth-order valence-electron chi connectivity index (χ4n) is 4.67. The number of ether oxygens (including phenoxy) is 2. The molecule has 0 bridgehead atoms. The molecule has 2 aliphatic rings. The molecule has 2 rings (SSSR count). The lowest BCUT2D eigenvalue weighted by atomic mass is 9.60. The van der Waals surface area contributed by atoms with Crippen LogP contribution in [0.25, 0.3) is 0 Å². The first kappa shape index (κ1) is 23.0. The summed E-state index contributed by atoms with van der Waals surface area (Å²) in [6.07, 6.45) is -4.70. The molecular formula is C19H36O8. The fraction of sp³-hybridized carbons (Fsp3) is 1.00. The van der Waals surface area contributed by atoms with Gasteiger partial charge in [-0.25, -0.2) is 0 Å². The third-order valence-corrected chi connectivity index (χ3v) is 6.19. The van der Waals surface area contributed by atoms with Crippen LogP contribution in [0.5, 0.6) is 0 Å². The molecule has 6 N–H and O–H groups in total. The Balaban J connectivity index is 1.92. The van der Waals surface area contributed by atoms with Crippen LogP contribution in [0.4, 0.5) is 0 Å². The van der Waals surface area contributed by atoms with Crippen LogP contribution in [0.1, 0.15) is 40.0 Å². The molecule has 0 amide bonds. The van der Waals surface area contributed by atoms with E-state index >= 15 is 0 Å². The maximum Gasteiger partial charge on any atom is 0.186 e. The molecule has 27 heavy (non-hydrogen) atoms. The second-order valence-electron chi connectivity index (χ2n) is 9.00. The van der Waals surface area contributed by atoms with Crippen LogP contribution in [-0.4, -0.2) is 87.3 Å². The van der Waals surface area contributed by atoms with Crippen LogP contribution in [0.15, 0.2) is 0 Å². The Hall–Kier alpha value is -0.320. The summed E-state index contributed by atoms with van der Waals surface area (Å²) in [5.41, 5.74) is -0.109. The van der Waals surface area contributed by atoms with Crippen molar-refractivity contribution in [2.45, 2.75) is 76.8 Å². The second kappa shape index (κ2) is 9.45. The summed E-state index contributed by atoms with van der Waals surface area (Å²) < 4.78 is 11.0. The first-order valence-electron chi connectivity index (χ1n) is 9.81. The molecule has 1 saturated heterocycles. The van der Waals surface area contributed by atoms with E-state index in [0.717, 1.165) is 6.42 Å². The molecule has 1 saturated carbocycles. The Morgan fingerprint density at radius 2 is 1.70 bits per heavy atom. The highest BCUT2D eigenvalue weighted by molar-refractivity contribution is 4.92. The predicted octanol–water partition coefficient (Wildman–Crippen LogP) is -0.765. The smallest absolute Gasteiger partial charge is 0.186 e. The molecule has 1 heterocycles. The van der Waals surface area contributed by atoms with Gasteiger partial charge in [-0.15, -0.1) is 0 Å². The molecule has 0 aromatic rings. The zero-order valence-electron chi connectivity index (χ0n) is 16.4. The van der Waals surface area contributed by atoms with E-state index in [1.54, 1.807) is 0 Å². The maximum atomic E-state index is 10.1. The van der Waals surface area contributed by atoms with E-state index in [9.17, 15) is 30.6 Å². The third kappa shape index (κ3) is 5.39. The van der Waals surface area contributed by atoms with E-state index in [4.69, 9.17) is 9.47 Å². The second-order valence-corrected chi connectivity index (χ2v) is 9.00. The number of aliphatic hydroxyl groups is 6. The molecule has 0 aromatic carbocycles. The van der Waals surface area contributed by atoms with Crippen molar-refractivity contribution in [1.29, 1.82) is 0 Å². The minimum atomic E-state index is -1.45. The highest BCUT2D eigenvalue weighted by Gasteiger charge is 2.45. The molecular weight excluding hydrogens is 356 g/mol. The van der Waals surface area contributed by atoms with E-state index in [0.29, 0.717) is 12.8 Å². The van der Waals surface area contributed by atoms with Crippen molar-refractivity contribution in [3.8, 4) is 0 Å². The van der Waals surface area contributed by atoms with Gasteiger partial charge in [-0.05, 0) is 42.4 Å². The highest BCUT2D eigenvalue weighted by atomic mass is 16.7. The molecule has 1 aliphatic heterocycles. The Kier molecular flexibility index (Phi) is 8.04. The summed E-state index contributed by atoms with van der Waals surface area (Å²) >= 11 is 0. The van der Waals surface area contributed by atoms with Crippen molar-refractivity contribution in [3.05, 3.63) is 0 Å². The Bertz CT molecular complexity index is 457. The summed E-state index contributed by atoms with van der Waals surface area (Å²) in [6.45, 7) is 6.01. The average Bonchev–Trinajstić information content (AvgIpc) is 2.60. The van der Waals surface area contributed by atoms with Gasteiger partial charge in [0.05, 0.1) is 19.3 Å². The molecule has 9 unspecified atom stereocenters. The maximum absolute atomic E-state index is 10.1. The monoisotopic (exact) mass is 392 g/mol. The third-order valence-electron chi connectivity index (χ3n) is 6.19. The fourth-order valence-corrected chi connectivity index (χ4v) is 4.67. The van der Waals surface area contributed by atoms with E-state index in [1.807, 2.05) is 6.92 Å². The number of rotatable bonds is 7. The molecule has 160 valence electrons. The minimum absolute atomic E-state index is 0.0264. The van der Waals surface area contributed by atoms with Gasteiger partial charge in [0, 0.05) is 6.61 Å². The topological polar surface area (TPSA) is 140 Å². The van der Waals surface area contributed by atoms with E-state index in [2.05, 4.69) is 13.8 Å². The summed E-state index contributed by atoms with van der Waals surface area (Å²) in [6, 6.07) is 0. The lowest BCUT2D eigenvalue weighted by molar-refractivity contribution is -0.303. The highest BCUT2D eigenvalue weighted by Crippen LogP contribution is 2.47. The lowest BCUT2D eigenvalue weighted by Gasteiger charge is -2.47. The zero-order chi connectivity index (χ0) is 20.4.